The Morgan fingerprint density at radius 2 is 1.39 bits per heavy atom. The van der Waals surface area contributed by atoms with Crippen LogP contribution in [0.1, 0.15) is 41.5 Å². The van der Waals surface area contributed by atoms with Gasteiger partial charge in [0, 0.05) is 12.6 Å². The summed E-state index contributed by atoms with van der Waals surface area (Å²) >= 11 is 0. The van der Waals surface area contributed by atoms with Gasteiger partial charge in [-0.1, -0.05) is 6.92 Å². The molecule has 0 aliphatic rings. The molecule has 18 heavy (non-hydrogen) atoms. The van der Waals surface area contributed by atoms with E-state index >= 15 is 0 Å². The molecule has 0 aromatic carbocycles. The van der Waals surface area contributed by atoms with Gasteiger partial charge in [0.05, 0.1) is 11.0 Å². The van der Waals surface area contributed by atoms with Gasteiger partial charge in [-0.05, 0) is 34.6 Å². The van der Waals surface area contributed by atoms with Crippen molar-refractivity contribution in [2.24, 2.45) is 0 Å². The minimum absolute atomic E-state index is 0.00921. The smallest absolute Gasteiger partial charge is 0.213 e. The Bertz CT molecular complexity index is 400. The third-order valence-corrected chi connectivity index (χ3v) is 5.28. The van der Waals surface area contributed by atoms with Crippen LogP contribution in [0.15, 0.2) is 0 Å². The monoisotopic (exact) mass is 302 g/mol. The molecule has 0 spiro atoms. The SMILES string of the molecule is CCNS(=O)(=O)C(C)C.CCS(=O)(=O)NC(C)C. The van der Waals surface area contributed by atoms with Crippen molar-refractivity contribution in [3.05, 3.63) is 0 Å². The van der Waals surface area contributed by atoms with Gasteiger partial charge in [-0.15, -0.1) is 0 Å². The van der Waals surface area contributed by atoms with Gasteiger partial charge in [0.2, 0.25) is 20.0 Å². The van der Waals surface area contributed by atoms with Crippen molar-refractivity contribution in [1.29, 1.82) is 0 Å². The van der Waals surface area contributed by atoms with E-state index in [1.807, 2.05) is 0 Å². The van der Waals surface area contributed by atoms with Crippen molar-refractivity contribution >= 4 is 20.0 Å². The van der Waals surface area contributed by atoms with Crippen molar-refractivity contribution in [3.63, 3.8) is 0 Å². The van der Waals surface area contributed by atoms with Crippen molar-refractivity contribution < 1.29 is 16.8 Å². The molecule has 0 aromatic rings. The third kappa shape index (κ3) is 10.9. The van der Waals surface area contributed by atoms with Crippen LogP contribution in [0.5, 0.6) is 0 Å². The third-order valence-electron chi connectivity index (χ3n) is 1.76. The summed E-state index contributed by atoms with van der Waals surface area (Å²) in [7, 11) is -5.97. The molecule has 6 nitrogen and oxygen atoms in total. The van der Waals surface area contributed by atoms with E-state index in [4.69, 9.17) is 0 Å². The van der Waals surface area contributed by atoms with Gasteiger partial charge in [-0.3, -0.25) is 0 Å². The second-order valence-electron chi connectivity index (χ2n) is 4.27. The Hall–Kier alpha value is -0.180. The molecule has 0 aliphatic heterocycles. The molecule has 112 valence electrons. The summed E-state index contributed by atoms with van der Waals surface area (Å²) < 4.78 is 47.9. The average molecular weight is 302 g/mol. The normalized spacial score (nSPS) is 12.4. The van der Waals surface area contributed by atoms with E-state index in [2.05, 4.69) is 9.44 Å². The molecule has 0 aliphatic carbocycles. The first-order valence-corrected chi connectivity index (χ1v) is 9.16. The molecule has 0 amide bonds. The molecular formula is C10H26N2O4S2. The predicted octanol–water partition coefficient (Wildman–Crippen LogP) is 0.668. The highest BCUT2D eigenvalue weighted by atomic mass is 32.2. The first kappa shape index (κ1) is 20.1. The first-order chi connectivity index (χ1) is 7.98. The fraction of sp³-hybridized carbons (Fsp3) is 1.00. The number of hydrogen-bond donors (Lipinski definition) is 2. The summed E-state index contributed by atoms with van der Waals surface area (Å²) in [6, 6.07) is 0.00921. The van der Waals surface area contributed by atoms with Gasteiger partial charge in [0.1, 0.15) is 0 Å². The Morgan fingerprint density at radius 3 is 1.50 bits per heavy atom. The lowest BCUT2D eigenvalue weighted by molar-refractivity contribution is 0.570. The van der Waals surface area contributed by atoms with Crippen LogP contribution in [0.2, 0.25) is 0 Å². The van der Waals surface area contributed by atoms with Crippen LogP contribution in [0.25, 0.3) is 0 Å². The van der Waals surface area contributed by atoms with Crippen molar-refractivity contribution in [3.8, 4) is 0 Å². The summed E-state index contributed by atoms with van der Waals surface area (Å²) in [5.74, 6) is 0.158. The van der Waals surface area contributed by atoms with Crippen molar-refractivity contribution in [2.45, 2.75) is 52.8 Å². The molecule has 0 unspecified atom stereocenters. The zero-order valence-corrected chi connectivity index (χ0v) is 13.7. The fourth-order valence-corrected chi connectivity index (χ4v) is 2.43. The molecule has 0 atom stereocenters. The van der Waals surface area contributed by atoms with Gasteiger partial charge in [0.15, 0.2) is 0 Å². The summed E-state index contributed by atoms with van der Waals surface area (Å²) in [5, 5.41) is -0.322. The Balaban J connectivity index is 0. The second-order valence-corrected chi connectivity index (χ2v) is 8.63. The molecule has 0 aromatic heterocycles. The fourth-order valence-electron chi connectivity index (χ4n) is 0.810. The Kier molecular flexibility index (Phi) is 9.89. The summed E-state index contributed by atoms with van der Waals surface area (Å²) in [5.41, 5.74) is 0. The van der Waals surface area contributed by atoms with Crippen molar-refractivity contribution in [1.82, 2.24) is 9.44 Å². The zero-order valence-electron chi connectivity index (χ0n) is 12.0. The van der Waals surface area contributed by atoms with E-state index in [9.17, 15) is 16.8 Å². The first-order valence-electron chi connectivity index (χ1n) is 5.97. The van der Waals surface area contributed by atoms with E-state index in [1.54, 1.807) is 41.5 Å². The number of hydrogen-bond acceptors (Lipinski definition) is 4. The van der Waals surface area contributed by atoms with E-state index in [-0.39, 0.29) is 17.0 Å². The molecule has 0 rings (SSSR count). The van der Waals surface area contributed by atoms with Gasteiger partial charge >= 0.3 is 0 Å². The molecular weight excluding hydrogens is 276 g/mol. The minimum atomic E-state index is -3.00. The summed E-state index contributed by atoms with van der Waals surface area (Å²) in [6.07, 6.45) is 0. The lowest BCUT2D eigenvalue weighted by Crippen LogP contribution is -2.31. The standard InChI is InChI=1S/2C5H13NO2S/c1-4-9(7,8)6-5(2)3;1-4-6-9(7,8)5(2)3/h2*5-6H,4H2,1-3H3. The van der Waals surface area contributed by atoms with Gasteiger partial charge in [0.25, 0.3) is 0 Å². The molecule has 0 bridgehead atoms. The highest BCUT2D eigenvalue weighted by molar-refractivity contribution is 7.90. The summed E-state index contributed by atoms with van der Waals surface area (Å²) in [6.45, 7) is 10.8. The van der Waals surface area contributed by atoms with Crippen LogP contribution in [0, 0.1) is 0 Å². The highest BCUT2D eigenvalue weighted by Gasteiger charge is 2.12. The van der Waals surface area contributed by atoms with E-state index in [0.717, 1.165) is 0 Å². The van der Waals surface area contributed by atoms with E-state index in [1.165, 1.54) is 0 Å². The molecule has 0 fully saturated rings. The van der Waals surface area contributed by atoms with Crippen LogP contribution >= 0.6 is 0 Å². The Morgan fingerprint density at radius 1 is 0.944 bits per heavy atom. The van der Waals surface area contributed by atoms with Crippen LogP contribution in [0.3, 0.4) is 0 Å². The predicted molar refractivity (Wildman–Crippen MR) is 75.5 cm³/mol. The number of sulfonamides is 2. The van der Waals surface area contributed by atoms with Crippen LogP contribution < -0.4 is 9.44 Å². The lowest BCUT2D eigenvalue weighted by Gasteiger charge is -2.05. The number of nitrogens with one attached hydrogen (secondary N) is 2. The highest BCUT2D eigenvalue weighted by Crippen LogP contribution is 1.93. The molecule has 0 saturated carbocycles. The molecule has 8 heteroatoms. The maximum atomic E-state index is 10.8. The molecule has 0 heterocycles. The average Bonchev–Trinajstić information content (AvgIpc) is 2.16. The van der Waals surface area contributed by atoms with Gasteiger partial charge < -0.3 is 0 Å². The quantitative estimate of drug-likeness (QED) is 0.754. The topological polar surface area (TPSA) is 92.3 Å². The number of rotatable bonds is 6. The second kappa shape index (κ2) is 8.84. The van der Waals surface area contributed by atoms with Crippen molar-refractivity contribution in [2.75, 3.05) is 12.3 Å². The van der Waals surface area contributed by atoms with Gasteiger partial charge in [-0.25, -0.2) is 26.3 Å². The van der Waals surface area contributed by atoms with Crippen LogP contribution in [-0.4, -0.2) is 40.4 Å². The van der Waals surface area contributed by atoms with Crippen LogP contribution in [0.4, 0.5) is 0 Å². The lowest BCUT2D eigenvalue weighted by atomic mass is 10.4. The van der Waals surface area contributed by atoms with Gasteiger partial charge in [-0.2, -0.15) is 0 Å². The summed E-state index contributed by atoms with van der Waals surface area (Å²) in [4.78, 5) is 0. The molecule has 0 saturated heterocycles. The zero-order chi connectivity index (χ0) is 15.0. The molecule has 2 N–H and O–H groups in total. The molecule has 0 radical (unpaired) electrons. The van der Waals surface area contributed by atoms with E-state index in [0.29, 0.717) is 6.54 Å². The Labute approximate surface area is 112 Å². The largest absolute Gasteiger partial charge is 0.215 e. The maximum absolute atomic E-state index is 10.8. The maximum Gasteiger partial charge on any atom is 0.213 e. The van der Waals surface area contributed by atoms with Crippen LogP contribution in [-0.2, 0) is 20.0 Å². The van der Waals surface area contributed by atoms with E-state index < -0.39 is 20.0 Å². The minimum Gasteiger partial charge on any atom is -0.215 e.